The normalized spacial score (nSPS) is 11.7. The van der Waals surface area contributed by atoms with E-state index < -0.39 is 5.69 Å². The molecule has 2 aromatic heterocycles. The second-order valence-corrected chi connectivity index (χ2v) is 10.8. The zero-order valence-corrected chi connectivity index (χ0v) is 25.3. The van der Waals surface area contributed by atoms with Gasteiger partial charge in [-0.05, 0) is 70.2 Å². The Morgan fingerprint density at radius 3 is 2.42 bits per heavy atom. The van der Waals surface area contributed by atoms with Crippen LogP contribution in [0.5, 0.6) is 0 Å². The highest BCUT2D eigenvalue weighted by atomic mass is 32.1. The molecular formula is C29H32N10O3S. The average Bonchev–Trinajstić information content (AvgIpc) is 3.55. The monoisotopic (exact) mass is 600 g/mol. The fourth-order valence-corrected chi connectivity index (χ4v) is 4.75. The third kappa shape index (κ3) is 6.66. The van der Waals surface area contributed by atoms with E-state index >= 15 is 0 Å². The van der Waals surface area contributed by atoms with Gasteiger partial charge in [-0.2, -0.15) is 0 Å². The smallest absolute Gasteiger partial charge is 0.339 e. The van der Waals surface area contributed by atoms with E-state index in [4.69, 9.17) is 5.73 Å². The summed E-state index contributed by atoms with van der Waals surface area (Å²) in [4.78, 5) is 51.2. The highest BCUT2D eigenvalue weighted by Crippen LogP contribution is 2.27. The molecule has 2 amide bonds. The summed E-state index contributed by atoms with van der Waals surface area (Å²) in [5.74, 6) is -0.373. The summed E-state index contributed by atoms with van der Waals surface area (Å²) in [7, 11) is 6.98. The van der Waals surface area contributed by atoms with Gasteiger partial charge >= 0.3 is 5.69 Å². The van der Waals surface area contributed by atoms with Crippen molar-refractivity contribution in [2.24, 2.45) is 15.7 Å². The molecule has 0 saturated heterocycles. The fraction of sp³-hybridized carbons (Fsp3) is 0.207. The molecule has 0 spiro atoms. The maximum atomic E-state index is 14.0. The van der Waals surface area contributed by atoms with E-state index in [1.165, 1.54) is 38.5 Å². The van der Waals surface area contributed by atoms with E-state index in [0.717, 1.165) is 5.01 Å². The quantitative estimate of drug-likeness (QED) is 0.161. The summed E-state index contributed by atoms with van der Waals surface area (Å²) in [6.07, 6.45) is 3.28. The molecule has 3 N–H and O–H groups in total. The summed E-state index contributed by atoms with van der Waals surface area (Å²) < 4.78 is 2.70. The minimum atomic E-state index is -0.498. The Morgan fingerprint density at radius 1 is 1.09 bits per heavy atom. The molecule has 2 heterocycles. The number of nitrogens with one attached hydrogen (secondary N) is 1. The predicted octanol–water partition coefficient (Wildman–Crippen LogP) is 2.79. The minimum absolute atomic E-state index is 0.0567. The van der Waals surface area contributed by atoms with Crippen LogP contribution in [0, 0.1) is 6.92 Å². The van der Waals surface area contributed by atoms with Crippen LogP contribution in [0.4, 0.5) is 16.6 Å². The highest BCUT2D eigenvalue weighted by Gasteiger charge is 2.25. The number of anilines is 2. The average molecular weight is 601 g/mol. The zero-order chi connectivity index (χ0) is 31.3. The maximum Gasteiger partial charge on any atom is 0.339 e. The molecule has 0 saturated carbocycles. The van der Waals surface area contributed by atoms with E-state index in [2.05, 4.69) is 32.2 Å². The summed E-state index contributed by atoms with van der Waals surface area (Å²) in [6, 6.07) is 13.3. The number of rotatable bonds is 10. The van der Waals surface area contributed by atoms with Gasteiger partial charge < -0.3 is 15.5 Å². The Labute approximate surface area is 252 Å². The second kappa shape index (κ2) is 13.2. The van der Waals surface area contributed by atoms with Crippen LogP contribution in [0.15, 0.2) is 75.5 Å². The third-order valence-electron chi connectivity index (χ3n) is 6.33. The molecule has 222 valence electrons. The lowest BCUT2D eigenvalue weighted by atomic mass is 10.2. The van der Waals surface area contributed by atoms with E-state index in [9.17, 15) is 14.4 Å². The number of likely N-dealkylation sites (N-methyl/N-ethyl adjacent to an activating group) is 2. The molecule has 0 aliphatic rings. The number of hydrogen-bond donors (Lipinski definition) is 2. The first-order valence-corrected chi connectivity index (χ1v) is 13.9. The number of aromatic nitrogens is 4. The minimum Gasteiger partial charge on any atom is -0.382 e. The van der Waals surface area contributed by atoms with Crippen LogP contribution in [0.25, 0.3) is 11.4 Å². The van der Waals surface area contributed by atoms with Crippen molar-refractivity contribution >= 4 is 52.3 Å². The van der Waals surface area contributed by atoms with Crippen LogP contribution in [0.2, 0.25) is 0 Å². The fourth-order valence-electron chi connectivity index (χ4n) is 4.17. The van der Waals surface area contributed by atoms with Crippen LogP contribution in [-0.4, -0.2) is 83.3 Å². The van der Waals surface area contributed by atoms with Crippen molar-refractivity contribution in [1.29, 1.82) is 0 Å². The van der Waals surface area contributed by atoms with Crippen LogP contribution >= 0.6 is 11.3 Å². The summed E-state index contributed by atoms with van der Waals surface area (Å²) in [6.45, 7) is 6.09. The number of nitrogens with zero attached hydrogens (tertiary/aromatic N) is 8. The van der Waals surface area contributed by atoms with Crippen LogP contribution in [0.1, 0.15) is 21.1 Å². The van der Waals surface area contributed by atoms with Gasteiger partial charge in [0.05, 0.1) is 11.4 Å². The van der Waals surface area contributed by atoms with E-state index in [1.54, 1.807) is 68.6 Å². The van der Waals surface area contributed by atoms with Gasteiger partial charge in [0.25, 0.3) is 5.91 Å². The maximum absolute atomic E-state index is 14.0. The summed E-state index contributed by atoms with van der Waals surface area (Å²) in [5, 5.41) is 11.6. The van der Waals surface area contributed by atoms with Gasteiger partial charge in [-0.15, -0.1) is 10.2 Å². The molecule has 4 aromatic rings. The van der Waals surface area contributed by atoms with Crippen molar-refractivity contribution in [3.05, 3.63) is 87.4 Å². The van der Waals surface area contributed by atoms with E-state index in [0.29, 0.717) is 34.3 Å². The van der Waals surface area contributed by atoms with Crippen molar-refractivity contribution in [1.82, 2.24) is 24.2 Å². The van der Waals surface area contributed by atoms with Crippen molar-refractivity contribution in [3.63, 3.8) is 0 Å². The van der Waals surface area contributed by atoms with Gasteiger partial charge in [0.2, 0.25) is 11.0 Å². The third-order valence-corrected chi connectivity index (χ3v) is 7.09. The summed E-state index contributed by atoms with van der Waals surface area (Å²) >= 11 is 1.26. The molecule has 0 radical (unpaired) electrons. The van der Waals surface area contributed by atoms with E-state index in [-0.39, 0.29) is 29.2 Å². The second-order valence-electron chi connectivity index (χ2n) is 9.60. The number of amides is 2. The Bertz CT molecular complexity index is 1780. The predicted molar refractivity (Wildman–Crippen MR) is 171 cm³/mol. The highest BCUT2D eigenvalue weighted by molar-refractivity contribution is 7.15. The largest absolute Gasteiger partial charge is 0.382 e. The van der Waals surface area contributed by atoms with Crippen LogP contribution in [0.3, 0.4) is 0 Å². The number of benzene rings is 2. The lowest BCUT2D eigenvalue weighted by Gasteiger charge is -2.17. The summed E-state index contributed by atoms with van der Waals surface area (Å²) in [5.41, 5.74) is 7.78. The number of aryl methyl sites for hydroxylation is 1. The number of carbonyl (C=O) groups is 2. The molecule has 0 aliphatic heterocycles. The van der Waals surface area contributed by atoms with Crippen molar-refractivity contribution in [2.75, 3.05) is 45.0 Å². The number of imidazole rings is 1. The molecule has 2 aromatic carbocycles. The number of hydrogen-bond acceptors (Lipinski definition) is 9. The Kier molecular flexibility index (Phi) is 9.42. The first kappa shape index (κ1) is 30.7. The molecule has 14 heteroatoms. The molecule has 0 aliphatic carbocycles. The zero-order valence-electron chi connectivity index (χ0n) is 24.5. The Balaban J connectivity index is 1.75. The van der Waals surface area contributed by atoms with Crippen molar-refractivity contribution < 1.29 is 9.59 Å². The van der Waals surface area contributed by atoms with Gasteiger partial charge in [-0.3, -0.25) is 24.5 Å². The van der Waals surface area contributed by atoms with Gasteiger partial charge in [0.15, 0.2) is 5.82 Å². The molecule has 13 nitrogen and oxygen atoms in total. The number of carbonyl (C=O) groups excluding carboxylic acids is 2. The van der Waals surface area contributed by atoms with E-state index in [1.807, 2.05) is 19.0 Å². The topological polar surface area (TPSA) is 156 Å². The molecule has 0 atom stereocenters. The number of aliphatic imine (C=N–C) groups is 2. The van der Waals surface area contributed by atoms with Gasteiger partial charge in [-0.1, -0.05) is 23.5 Å². The van der Waals surface area contributed by atoms with Crippen LogP contribution < -0.4 is 21.6 Å². The number of nitrogens with two attached hydrogens (primary N) is 1. The molecular weight excluding hydrogens is 568 g/mol. The molecule has 0 unspecified atom stereocenters. The van der Waals surface area contributed by atoms with Gasteiger partial charge in [0, 0.05) is 38.0 Å². The standard InChI is InChI=1S/C29H32N10O3S/c1-18-34-35-28(43-18)33-27(41)19-12-14-20(15-13-19)38-24(25(30)31-2)26(32-3)39(29(38)42)22-10-7-9-21(17-22)37(6)23(40)11-8-16-36(4)5/h7-15,17H,3,16H2,1-2,4-6H3,(H2,30,31)(H,33,35,41)/b11-8+. The molecule has 4 rings (SSSR count). The molecule has 0 bridgehead atoms. The lowest BCUT2D eigenvalue weighted by Crippen LogP contribution is -2.26. The van der Waals surface area contributed by atoms with Gasteiger partial charge in [0.1, 0.15) is 16.5 Å². The van der Waals surface area contributed by atoms with Crippen molar-refractivity contribution in [2.45, 2.75) is 6.92 Å². The number of amidine groups is 1. The lowest BCUT2D eigenvalue weighted by molar-refractivity contribution is -0.113. The van der Waals surface area contributed by atoms with Gasteiger partial charge in [-0.25, -0.2) is 14.4 Å². The Hall–Kier alpha value is -5.21. The Morgan fingerprint density at radius 2 is 1.81 bits per heavy atom. The first-order valence-electron chi connectivity index (χ1n) is 13.0. The SMILES string of the molecule is C=Nc1c(C(N)=NC)n(-c2ccc(C(=O)Nc3nnc(C)s3)cc2)c(=O)n1-c1cccc(N(C)C(=O)/C=C/CN(C)C)c1. The first-order chi connectivity index (χ1) is 20.5. The van der Waals surface area contributed by atoms with Crippen LogP contribution in [-0.2, 0) is 4.79 Å². The molecule has 43 heavy (non-hydrogen) atoms. The molecule has 0 fully saturated rings. The van der Waals surface area contributed by atoms with Crippen molar-refractivity contribution in [3.8, 4) is 11.4 Å².